The maximum absolute atomic E-state index is 11.1. The summed E-state index contributed by atoms with van der Waals surface area (Å²) in [6, 6.07) is 13.5. The summed E-state index contributed by atoms with van der Waals surface area (Å²) in [5.74, 6) is -0.789. The van der Waals surface area contributed by atoms with Crippen molar-refractivity contribution in [3.8, 4) is 0 Å². The number of thiophene rings is 1. The molecular weight excluding hydrogens is 318 g/mol. The molecule has 2 N–H and O–H groups in total. The standard InChI is InChI=1S/C20H25NO2S/c1-14-11-12-24-19(14)18(13-15-5-3-2-4-6-15)21-17-9-7-16(8-10-17)20(22)23/h2-6,11-12,16-18,21H,7-10,13H2,1H3,(H,22,23). The van der Waals surface area contributed by atoms with Crippen LogP contribution in [0.15, 0.2) is 41.8 Å². The predicted molar refractivity (Wildman–Crippen MR) is 98.5 cm³/mol. The molecule has 1 aromatic carbocycles. The third-order valence-corrected chi connectivity index (χ3v) is 6.15. The van der Waals surface area contributed by atoms with E-state index in [1.54, 1.807) is 0 Å². The monoisotopic (exact) mass is 343 g/mol. The molecule has 24 heavy (non-hydrogen) atoms. The molecule has 1 unspecified atom stereocenters. The van der Waals surface area contributed by atoms with Gasteiger partial charge in [-0.2, -0.15) is 0 Å². The zero-order valence-corrected chi connectivity index (χ0v) is 14.9. The van der Waals surface area contributed by atoms with Crippen LogP contribution in [0.5, 0.6) is 0 Å². The minimum Gasteiger partial charge on any atom is -0.481 e. The summed E-state index contributed by atoms with van der Waals surface area (Å²) in [6.07, 6.45) is 4.45. The van der Waals surface area contributed by atoms with E-state index in [2.05, 4.69) is 54.0 Å². The van der Waals surface area contributed by atoms with Gasteiger partial charge in [0.2, 0.25) is 0 Å². The fourth-order valence-corrected chi connectivity index (χ4v) is 4.60. The molecule has 1 fully saturated rings. The molecule has 1 saturated carbocycles. The Bertz CT molecular complexity index is 659. The summed E-state index contributed by atoms with van der Waals surface area (Å²) in [5.41, 5.74) is 2.68. The summed E-state index contributed by atoms with van der Waals surface area (Å²) in [7, 11) is 0. The third kappa shape index (κ3) is 4.25. The van der Waals surface area contributed by atoms with Gasteiger partial charge in [-0.3, -0.25) is 4.79 Å². The molecular formula is C20H25NO2S. The van der Waals surface area contributed by atoms with Crippen LogP contribution in [-0.4, -0.2) is 17.1 Å². The first-order chi connectivity index (χ1) is 11.6. The summed E-state index contributed by atoms with van der Waals surface area (Å²) in [6.45, 7) is 2.17. The maximum Gasteiger partial charge on any atom is 0.306 e. The fourth-order valence-electron chi connectivity index (χ4n) is 3.61. The van der Waals surface area contributed by atoms with Gasteiger partial charge >= 0.3 is 5.97 Å². The van der Waals surface area contributed by atoms with Crippen molar-refractivity contribution in [2.24, 2.45) is 5.92 Å². The van der Waals surface area contributed by atoms with Crippen LogP contribution in [-0.2, 0) is 11.2 Å². The van der Waals surface area contributed by atoms with Crippen molar-refractivity contribution in [3.63, 3.8) is 0 Å². The summed E-state index contributed by atoms with van der Waals surface area (Å²) < 4.78 is 0. The Hall–Kier alpha value is -1.65. The van der Waals surface area contributed by atoms with Gasteiger partial charge in [-0.1, -0.05) is 30.3 Å². The number of hydrogen-bond acceptors (Lipinski definition) is 3. The van der Waals surface area contributed by atoms with E-state index in [0.717, 1.165) is 32.1 Å². The van der Waals surface area contributed by atoms with Gasteiger partial charge in [-0.25, -0.2) is 0 Å². The van der Waals surface area contributed by atoms with Crippen LogP contribution < -0.4 is 5.32 Å². The second kappa shape index (κ2) is 7.95. The molecule has 0 aliphatic heterocycles. The minimum absolute atomic E-state index is 0.154. The van der Waals surface area contributed by atoms with Gasteiger partial charge in [0.1, 0.15) is 0 Å². The Morgan fingerprint density at radius 3 is 2.50 bits per heavy atom. The number of nitrogens with one attached hydrogen (secondary N) is 1. The van der Waals surface area contributed by atoms with E-state index in [1.807, 2.05) is 11.3 Å². The molecule has 0 radical (unpaired) electrons. The number of carbonyl (C=O) groups is 1. The SMILES string of the molecule is Cc1ccsc1C(Cc1ccccc1)NC1CCC(C(=O)O)CC1. The normalized spacial score (nSPS) is 22.2. The third-order valence-electron chi connectivity index (χ3n) is 5.01. The Labute approximate surface area is 147 Å². The molecule has 1 aliphatic rings. The van der Waals surface area contributed by atoms with Crippen molar-refractivity contribution in [2.75, 3.05) is 0 Å². The van der Waals surface area contributed by atoms with E-state index in [4.69, 9.17) is 5.11 Å². The molecule has 3 nitrogen and oxygen atoms in total. The summed E-state index contributed by atoms with van der Waals surface area (Å²) >= 11 is 1.81. The largest absolute Gasteiger partial charge is 0.481 e. The zero-order chi connectivity index (χ0) is 16.9. The van der Waals surface area contributed by atoms with Crippen molar-refractivity contribution in [1.82, 2.24) is 5.32 Å². The minimum atomic E-state index is -0.636. The molecule has 0 amide bonds. The highest BCUT2D eigenvalue weighted by Crippen LogP contribution is 2.31. The summed E-state index contributed by atoms with van der Waals surface area (Å²) in [4.78, 5) is 12.5. The lowest BCUT2D eigenvalue weighted by atomic mass is 9.85. The first kappa shape index (κ1) is 17.2. The first-order valence-corrected chi connectivity index (χ1v) is 9.58. The van der Waals surface area contributed by atoms with E-state index in [1.165, 1.54) is 16.0 Å². The average molecular weight is 343 g/mol. The van der Waals surface area contributed by atoms with Gasteiger partial charge < -0.3 is 10.4 Å². The lowest BCUT2D eigenvalue weighted by Gasteiger charge is -2.31. The fraction of sp³-hybridized carbons (Fsp3) is 0.450. The molecule has 1 aliphatic carbocycles. The van der Waals surface area contributed by atoms with Gasteiger partial charge in [-0.15, -0.1) is 11.3 Å². The zero-order valence-electron chi connectivity index (χ0n) is 14.1. The second-order valence-corrected chi connectivity index (χ2v) is 7.71. The maximum atomic E-state index is 11.1. The highest BCUT2D eigenvalue weighted by Gasteiger charge is 2.28. The van der Waals surface area contributed by atoms with Crippen molar-refractivity contribution < 1.29 is 9.90 Å². The van der Waals surface area contributed by atoms with Crippen molar-refractivity contribution in [2.45, 2.75) is 51.1 Å². The Morgan fingerprint density at radius 1 is 1.21 bits per heavy atom. The van der Waals surface area contributed by atoms with Crippen molar-refractivity contribution in [1.29, 1.82) is 0 Å². The van der Waals surface area contributed by atoms with Crippen LogP contribution in [0.3, 0.4) is 0 Å². The van der Waals surface area contributed by atoms with Crippen LogP contribution in [0.4, 0.5) is 0 Å². The predicted octanol–water partition coefficient (Wildman–Crippen LogP) is 4.57. The number of aliphatic carboxylic acids is 1. The first-order valence-electron chi connectivity index (χ1n) is 8.70. The molecule has 1 atom stereocenters. The molecule has 0 saturated heterocycles. The van der Waals surface area contributed by atoms with Gasteiger partial charge in [0.15, 0.2) is 0 Å². The van der Waals surface area contributed by atoms with E-state index in [-0.39, 0.29) is 5.92 Å². The topological polar surface area (TPSA) is 49.3 Å². The Kier molecular flexibility index (Phi) is 5.69. The summed E-state index contributed by atoms with van der Waals surface area (Å²) in [5, 5.41) is 15.2. The molecule has 0 bridgehead atoms. The average Bonchev–Trinajstić information content (AvgIpc) is 3.02. The Morgan fingerprint density at radius 2 is 1.92 bits per heavy atom. The number of carboxylic acids is 1. The molecule has 128 valence electrons. The highest BCUT2D eigenvalue weighted by molar-refractivity contribution is 7.10. The number of aryl methyl sites for hydroxylation is 1. The van der Waals surface area contributed by atoms with Crippen LogP contribution in [0.1, 0.15) is 47.7 Å². The second-order valence-electron chi connectivity index (χ2n) is 6.76. The van der Waals surface area contributed by atoms with E-state index in [0.29, 0.717) is 12.1 Å². The van der Waals surface area contributed by atoms with Crippen LogP contribution in [0.2, 0.25) is 0 Å². The lowest BCUT2D eigenvalue weighted by Crippen LogP contribution is -2.38. The number of benzene rings is 1. The Balaban J connectivity index is 1.69. The van der Waals surface area contributed by atoms with Crippen molar-refractivity contribution in [3.05, 3.63) is 57.8 Å². The smallest absolute Gasteiger partial charge is 0.306 e. The number of carboxylic acid groups (broad SMARTS) is 1. The molecule has 1 heterocycles. The van der Waals surface area contributed by atoms with Crippen LogP contribution in [0.25, 0.3) is 0 Å². The van der Waals surface area contributed by atoms with Gasteiger partial charge in [0.25, 0.3) is 0 Å². The number of rotatable bonds is 6. The molecule has 1 aromatic heterocycles. The van der Waals surface area contributed by atoms with Crippen molar-refractivity contribution >= 4 is 17.3 Å². The van der Waals surface area contributed by atoms with Gasteiger partial charge in [0.05, 0.1) is 5.92 Å². The quantitative estimate of drug-likeness (QED) is 0.807. The number of hydrogen-bond donors (Lipinski definition) is 2. The van der Waals surface area contributed by atoms with E-state index < -0.39 is 5.97 Å². The van der Waals surface area contributed by atoms with E-state index >= 15 is 0 Å². The molecule has 0 spiro atoms. The lowest BCUT2D eigenvalue weighted by molar-refractivity contribution is -0.142. The van der Waals surface area contributed by atoms with E-state index in [9.17, 15) is 4.79 Å². The van der Waals surface area contributed by atoms with Crippen LogP contribution in [0, 0.1) is 12.8 Å². The molecule has 3 rings (SSSR count). The molecule has 4 heteroatoms. The molecule has 2 aromatic rings. The highest BCUT2D eigenvalue weighted by atomic mass is 32.1. The van der Waals surface area contributed by atoms with Gasteiger partial charge in [-0.05, 0) is 61.6 Å². The van der Waals surface area contributed by atoms with Crippen LogP contribution >= 0.6 is 11.3 Å². The van der Waals surface area contributed by atoms with Gasteiger partial charge in [0, 0.05) is 17.0 Å².